The van der Waals surface area contributed by atoms with E-state index >= 15 is 0 Å². The van der Waals surface area contributed by atoms with Crippen molar-refractivity contribution in [1.82, 2.24) is 4.90 Å². The molecule has 0 radical (unpaired) electrons. The summed E-state index contributed by atoms with van der Waals surface area (Å²) >= 11 is 1.50. The summed E-state index contributed by atoms with van der Waals surface area (Å²) in [5, 5.41) is 0. The number of nitrogens with two attached hydrogens (primary N) is 1. The highest BCUT2D eigenvalue weighted by atomic mass is 32.1. The van der Waals surface area contributed by atoms with Gasteiger partial charge in [-0.3, -0.25) is 14.5 Å². The monoisotopic (exact) mass is 262 g/mol. The highest BCUT2D eigenvalue weighted by Gasteiger charge is 2.26. The van der Waals surface area contributed by atoms with Crippen molar-refractivity contribution in [3.8, 4) is 11.8 Å². The van der Waals surface area contributed by atoms with Crippen LogP contribution in [0.3, 0.4) is 0 Å². The van der Waals surface area contributed by atoms with Crippen molar-refractivity contribution in [2.45, 2.75) is 25.8 Å². The second-order valence-electron chi connectivity index (χ2n) is 4.00. The summed E-state index contributed by atoms with van der Waals surface area (Å²) in [5.74, 6) is 5.57. The van der Waals surface area contributed by atoms with Crippen molar-refractivity contribution >= 4 is 23.2 Å². The van der Waals surface area contributed by atoms with Crippen LogP contribution in [0.4, 0.5) is 0 Å². The van der Waals surface area contributed by atoms with Gasteiger partial charge in [-0.2, -0.15) is 0 Å². The summed E-state index contributed by atoms with van der Waals surface area (Å²) in [4.78, 5) is 26.5. The van der Waals surface area contributed by atoms with Gasteiger partial charge in [-0.25, -0.2) is 0 Å². The third kappa shape index (κ3) is 2.97. The first-order valence-corrected chi connectivity index (χ1v) is 6.63. The van der Waals surface area contributed by atoms with E-state index < -0.39 is 0 Å². The number of carbonyl (C=O) groups excluding carboxylic acids is 2. The molecule has 0 bridgehead atoms. The Morgan fingerprint density at radius 2 is 2.00 bits per heavy atom. The normalized spacial score (nSPS) is 15.5. The Morgan fingerprint density at radius 3 is 2.67 bits per heavy atom. The van der Waals surface area contributed by atoms with Crippen molar-refractivity contribution in [3.63, 3.8) is 0 Å². The van der Waals surface area contributed by atoms with E-state index in [-0.39, 0.29) is 11.8 Å². The molecule has 0 spiro atoms. The molecule has 1 fully saturated rings. The first-order chi connectivity index (χ1) is 8.70. The Bertz CT molecular complexity index is 509. The molecular weight excluding hydrogens is 248 g/mol. The maximum absolute atomic E-state index is 11.7. The number of piperidine rings is 1. The fourth-order valence-corrected chi connectivity index (χ4v) is 2.67. The lowest BCUT2D eigenvalue weighted by atomic mass is 10.1. The van der Waals surface area contributed by atoms with E-state index in [1.165, 1.54) is 16.2 Å². The fourth-order valence-electron chi connectivity index (χ4n) is 1.80. The van der Waals surface area contributed by atoms with E-state index in [1.807, 2.05) is 12.1 Å². The molecule has 0 atom stereocenters. The van der Waals surface area contributed by atoms with Crippen LogP contribution in [0.1, 0.15) is 29.0 Å². The van der Waals surface area contributed by atoms with Crippen LogP contribution in [0.15, 0.2) is 12.1 Å². The molecule has 1 aromatic heterocycles. The van der Waals surface area contributed by atoms with Gasteiger partial charge in [0, 0.05) is 17.7 Å². The lowest BCUT2D eigenvalue weighted by molar-refractivity contribution is -0.148. The number of nitrogens with zero attached hydrogens (tertiary/aromatic N) is 1. The number of rotatable bonds is 2. The van der Waals surface area contributed by atoms with Gasteiger partial charge in [0.2, 0.25) is 11.8 Å². The lowest BCUT2D eigenvalue weighted by Gasteiger charge is -2.24. The Labute approximate surface area is 110 Å². The molecular formula is C13H14N2O2S. The molecule has 2 amide bonds. The molecule has 0 aromatic carbocycles. The van der Waals surface area contributed by atoms with Crippen LogP contribution in [0.5, 0.6) is 0 Å². The average molecular weight is 262 g/mol. The molecule has 1 aliphatic heterocycles. The number of hydrogen-bond donors (Lipinski definition) is 1. The Kier molecular flexibility index (Phi) is 4.13. The molecule has 2 rings (SSSR count). The van der Waals surface area contributed by atoms with Crippen LogP contribution in [0, 0.1) is 11.8 Å². The third-order valence-electron chi connectivity index (χ3n) is 2.67. The van der Waals surface area contributed by atoms with Gasteiger partial charge in [0.1, 0.15) is 0 Å². The zero-order valence-electron chi connectivity index (χ0n) is 9.94. The van der Waals surface area contributed by atoms with Crippen molar-refractivity contribution in [1.29, 1.82) is 0 Å². The van der Waals surface area contributed by atoms with Crippen LogP contribution in [0.2, 0.25) is 0 Å². The van der Waals surface area contributed by atoms with Crippen molar-refractivity contribution in [3.05, 3.63) is 21.9 Å². The number of amides is 2. The molecule has 0 aliphatic carbocycles. The largest absolute Gasteiger partial charge is 0.320 e. The zero-order chi connectivity index (χ0) is 13.0. The van der Waals surface area contributed by atoms with E-state index in [0.717, 1.165) is 9.75 Å². The van der Waals surface area contributed by atoms with E-state index in [1.54, 1.807) is 0 Å². The molecule has 18 heavy (non-hydrogen) atoms. The van der Waals surface area contributed by atoms with Gasteiger partial charge in [0.15, 0.2) is 0 Å². The first kappa shape index (κ1) is 12.8. The van der Waals surface area contributed by atoms with Gasteiger partial charge in [-0.1, -0.05) is 11.8 Å². The Balaban J connectivity index is 2.06. The fraction of sp³-hybridized carbons (Fsp3) is 0.385. The van der Waals surface area contributed by atoms with Crippen molar-refractivity contribution in [2.75, 3.05) is 6.54 Å². The number of imide groups is 1. The zero-order valence-corrected chi connectivity index (χ0v) is 10.8. The van der Waals surface area contributed by atoms with Crippen LogP contribution < -0.4 is 5.73 Å². The van der Waals surface area contributed by atoms with E-state index in [2.05, 4.69) is 11.8 Å². The highest BCUT2D eigenvalue weighted by Crippen LogP contribution is 2.21. The van der Waals surface area contributed by atoms with Crippen LogP contribution >= 0.6 is 11.3 Å². The molecule has 94 valence electrons. The maximum Gasteiger partial charge on any atom is 0.229 e. The molecule has 2 heterocycles. The minimum absolute atomic E-state index is 0.0748. The number of hydrogen-bond acceptors (Lipinski definition) is 4. The molecule has 5 heteroatoms. The number of likely N-dealkylation sites (tertiary alicyclic amines) is 1. The third-order valence-corrected chi connectivity index (χ3v) is 3.66. The summed E-state index contributed by atoms with van der Waals surface area (Å²) in [6.07, 6.45) is 1.61. The van der Waals surface area contributed by atoms with Crippen molar-refractivity contribution in [2.24, 2.45) is 5.73 Å². The summed E-state index contributed by atoms with van der Waals surface area (Å²) < 4.78 is 0. The quantitative estimate of drug-likeness (QED) is 0.641. The van der Waals surface area contributed by atoms with Gasteiger partial charge in [0.25, 0.3) is 0 Å². The number of thiophene rings is 1. The van der Waals surface area contributed by atoms with Crippen LogP contribution in [0.25, 0.3) is 0 Å². The van der Waals surface area contributed by atoms with Crippen LogP contribution in [-0.2, 0) is 16.1 Å². The van der Waals surface area contributed by atoms with Crippen LogP contribution in [-0.4, -0.2) is 23.3 Å². The van der Waals surface area contributed by atoms with Gasteiger partial charge in [0.05, 0.1) is 18.0 Å². The summed E-state index contributed by atoms with van der Waals surface area (Å²) in [6, 6.07) is 3.79. The standard InChI is InChI=1S/C13H14N2O2S/c14-8-2-3-10-6-7-11(18-10)9-15-12(16)4-1-5-13(15)17/h6-7H,1,4-5,8-9,14H2. The first-order valence-electron chi connectivity index (χ1n) is 5.81. The summed E-state index contributed by atoms with van der Waals surface area (Å²) in [7, 11) is 0. The minimum Gasteiger partial charge on any atom is -0.320 e. The molecule has 1 saturated heterocycles. The SMILES string of the molecule is NCC#Cc1ccc(CN2C(=O)CCCC2=O)s1. The highest BCUT2D eigenvalue weighted by molar-refractivity contribution is 7.12. The smallest absolute Gasteiger partial charge is 0.229 e. The predicted molar refractivity (Wildman–Crippen MR) is 69.7 cm³/mol. The van der Waals surface area contributed by atoms with Gasteiger partial charge in [-0.15, -0.1) is 11.3 Å². The van der Waals surface area contributed by atoms with Gasteiger partial charge >= 0.3 is 0 Å². The second-order valence-corrected chi connectivity index (χ2v) is 5.17. The Hall–Kier alpha value is -1.64. The molecule has 1 aromatic rings. The maximum atomic E-state index is 11.7. The van der Waals surface area contributed by atoms with E-state index in [4.69, 9.17) is 5.73 Å². The topological polar surface area (TPSA) is 63.4 Å². The van der Waals surface area contributed by atoms with Crippen molar-refractivity contribution < 1.29 is 9.59 Å². The van der Waals surface area contributed by atoms with Gasteiger partial charge < -0.3 is 5.73 Å². The van der Waals surface area contributed by atoms with Gasteiger partial charge in [-0.05, 0) is 18.6 Å². The molecule has 2 N–H and O–H groups in total. The summed E-state index contributed by atoms with van der Waals surface area (Å²) in [5.41, 5.74) is 5.30. The Morgan fingerprint density at radius 1 is 1.28 bits per heavy atom. The molecule has 0 saturated carbocycles. The van der Waals surface area contributed by atoms with E-state index in [0.29, 0.717) is 32.4 Å². The summed E-state index contributed by atoms with van der Waals surface area (Å²) in [6.45, 7) is 0.697. The molecule has 1 aliphatic rings. The van der Waals surface area contributed by atoms with E-state index in [9.17, 15) is 9.59 Å². The molecule has 4 nitrogen and oxygen atoms in total. The molecule has 0 unspecified atom stereocenters. The average Bonchev–Trinajstić information content (AvgIpc) is 2.79. The second kappa shape index (κ2) is 5.80. The number of carbonyl (C=O) groups is 2. The lowest BCUT2D eigenvalue weighted by Crippen LogP contribution is -2.39. The predicted octanol–water partition coefficient (Wildman–Crippen LogP) is 1.10. The minimum atomic E-state index is -0.0748.